The molecule has 0 aromatic carbocycles. The van der Waals surface area contributed by atoms with E-state index in [0.717, 1.165) is 0 Å². The van der Waals surface area contributed by atoms with Crippen LogP contribution in [0.5, 0.6) is 0 Å². The van der Waals surface area contributed by atoms with Crippen LogP contribution in [0, 0.1) is 11.3 Å². The van der Waals surface area contributed by atoms with Crippen LogP contribution >= 0.6 is 0 Å². The van der Waals surface area contributed by atoms with Gasteiger partial charge in [-0.15, -0.1) is 0 Å². The summed E-state index contributed by atoms with van der Waals surface area (Å²) in [6.45, 7) is 11.4. The van der Waals surface area contributed by atoms with Crippen LogP contribution in [0.3, 0.4) is 0 Å². The lowest BCUT2D eigenvalue weighted by Crippen LogP contribution is -2.10. The van der Waals surface area contributed by atoms with Crippen molar-refractivity contribution in [3.8, 4) is 0 Å². The van der Waals surface area contributed by atoms with Crippen molar-refractivity contribution in [2.45, 2.75) is 41.0 Å². The Balaban J connectivity index is 2.98. The molecule has 0 bridgehead atoms. The fraction of sp³-hybridized carbons (Fsp3) is 0.667. The molecule has 12 heavy (non-hydrogen) atoms. The summed E-state index contributed by atoms with van der Waals surface area (Å²) in [5.74, 6) is 0.703. The first-order chi connectivity index (χ1) is 5.43. The lowest BCUT2D eigenvalue weighted by atomic mass is 9.82. The van der Waals surface area contributed by atoms with Gasteiger partial charge in [-0.25, -0.2) is 0 Å². The topological polar surface area (TPSA) is 0 Å². The Morgan fingerprint density at radius 2 is 1.83 bits per heavy atom. The van der Waals surface area contributed by atoms with Gasteiger partial charge < -0.3 is 0 Å². The first kappa shape index (κ1) is 9.57. The third kappa shape index (κ3) is 1.80. The maximum absolute atomic E-state index is 2.30. The monoisotopic (exact) mass is 164 g/mol. The van der Waals surface area contributed by atoms with Gasteiger partial charge in [-0.2, -0.15) is 0 Å². The van der Waals surface area contributed by atoms with Gasteiger partial charge in [0.2, 0.25) is 0 Å². The lowest BCUT2D eigenvalue weighted by Gasteiger charge is -2.23. The highest BCUT2D eigenvalue weighted by Gasteiger charge is 2.22. The van der Waals surface area contributed by atoms with Crippen LogP contribution in [0.2, 0.25) is 0 Å². The molecule has 0 amide bonds. The number of hydrogen-bond acceptors (Lipinski definition) is 0. The standard InChI is InChI=1S/C12H20/c1-9(2)10-7-6-8-11(10)12(3,4)5/h6,8-9H,7H2,1-5H3. The van der Waals surface area contributed by atoms with E-state index in [0.29, 0.717) is 11.3 Å². The molecule has 0 spiro atoms. The first-order valence-electron chi connectivity index (χ1n) is 4.83. The highest BCUT2D eigenvalue weighted by atomic mass is 14.3. The first-order valence-corrected chi connectivity index (χ1v) is 4.83. The maximum atomic E-state index is 2.30. The van der Waals surface area contributed by atoms with Crippen LogP contribution in [0.4, 0.5) is 0 Å². The average molecular weight is 164 g/mol. The van der Waals surface area contributed by atoms with E-state index < -0.39 is 0 Å². The summed E-state index contributed by atoms with van der Waals surface area (Å²) in [6, 6.07) is 0. The van der Waals surface area contributed by atoms with Crippen LogP contribution < -0.4 is 0 Å². The summed E-state index contributed by atoms with van der Waals surface area (Å²) < 4.78 is 0. The molecule has 0 nitrogen and oxygen atoms in total. The summed E-state index contributed by atoms with van der Waals surface area (Å²) >= 11 is 0. The number of rotatable bonds is 1. The molecule has 0 heterocycles. The second kappa shape index (κ2) is 3.08. The molecule has 0 heteroatoms. The van der Waals surface area contributed by atoms with Crippen LogP contribution in [-0.4, -0.2) is 0 Å². The van der Waals surface area contributed by atoms with Crippen LogP contribution in [0.25, 0.3) is 0 Å². The zero-order chi connectivity index (χ0) is 9.35. The molecule has 0 aliphatic heterocycles. The molecule has 1 aliphatic rings. The molecule has 68 valence electrons. The Kier molecular flexibility index (Phi) is 2.46. The van der Waals surface area contributed by atoms with E-state index in [4.69, 9.17) is 0 Å². The molecule has 0 unspecified atom stereocenters. The Bertz CT molecular complexity index is 221. The van der Waals surface area contributed by atoms with E-state index in [1.54, 1.807) is 11.1 Å². The smallest absolute Gasteiger partial charge is 0.0127 e. The summed E-state index contributed by atoms with van der Waals surface area (Å²) in [6.07, 6.45) is 5.76. The largest absolute Gasteiger partial charge is 0.0801 e. The van der Waals surface area contributed by atoms with Crippen molar-refractivity contribution in [1.82, 2.24) is 0 Å². The van der Waals surface area contributed by atoms with Crippen molar-refractivity contribution in [3.05, 3.63) is 23.3 Å². The molecule has 0 atom stereocenters. The SMILES string of the molecule is CC(C)C1=C(C(C)(C)C)C=CC1. The normalized spacial score (nSPS) is 18.2. The molecule has 0 saturated carbocycles. The zero-order valence-electron chi connectivity index (χ0n) is 8.94. The molecule has 0 fully saturated rings. The van der Waals surface area contributed by atoms with Crippen LogP contribution in [0.1, 0.15) is 41.0 Å². The van der Waals surface area contributed by atoms with E-state index in [-0.39, 0.29) is 0 Å². The Morgan fingerprint density at radius 1 is 1.25 bits per heavy atom. The molecule has 1 rings (SSSR count). The maximum Gasteiger partial charge on any atom is -0.0127 e. The van der Waals surface area contributed by atoms with E-state index in [1.165, 1.54) is 6.42 Å². The van der Waals surface area contributed by atoms with E-state index in [9.17, 15) is 0 Å². The predicted octanol–water partition coefficient (Wildman–Crippen LogP) is 3.95. The average Bonchev–Trinajstić information content (AvgIpc) is 2.30. The summed E-state index contributed by atoms with van der Waals surface area (Å²) in [4.78, 5) is 0. The summed E-state index contributed by atoms with van der Waals surface area (Å²) in [5, 5.41) is 0. The fourth-order valence-electron chi connectivity index (χ4n) is 1.80. The van der Waals surface area contributed by atoms with Gasteiger partial charge in [0.1, 0.15) is 0 Å². The number of allylic oxidation sites excluding steroid dienone is 4. The minimum atomic E-state index is 0.326. The van der Waals surface area contributed by atoms with Crippen molar-refractivity contribution in [2.24, 2.45) is 11.3 Å². The van der Waals surface area contributed by atoms with Gasteiger partial charge >= 0.3 is 0 Å². The fourth-order valence-corrected chi connectivity index (χ4v) is 1.80. The van der Waals surface area contributed by atoms with Crippen molar-refractivity contribution in [3.63, 3.8) is 0 Å². The Hall–Kier alpha value is -0.520. The van der Waals surface area contributed by atoms with E-state index >= 15 is 0 Å². The minimum absolute atomic E-state index is 0.326. The van der Waals surface area contributed by atoms with Gasteiger partial charge in [0.25, 0.3) is 0 Å². The highest BCUT2D eigenvalue weighted by molar-refractivity contribution is 5.38. The molecule has 0 aromatic rings. The summed E-state index contributed by atoms with van der Waals surface area (Å²) in [7, 11) is 0. The van der Waals surface area contributed by atoms with Gasteiger partial charge in [-0.3, -0.25) is 0 Å². The van der Waals surface area contributed by atoms with Crippen molar-refractivity contribution in [1.29, 1.82) is 0 Å². The van der Waals surface area contributed by atoms with Crippen LogP contribution in [-0.2, 0) is 0 Å². The van der Waals surface area contributed by atoms with Gasteiger partial charge in [-0.1, -0.05) is 52.3 Å². The molecule has 0 radical (unpaired) electrons. The van der Waals surface area contributed by atoms with Crippen molar-refractivity contribution in [2.75, 3.05) is 0 Å². The quantitative estimate of drug-likeness (QED) is 0.550. The Labute approximate surface area is 76.4 Å². The minimum Gasteiger partial charge on any atom is -0.0801 e. The van der Waals surface area contributed by atoms with Gasteiger partial charge in [0.05, 0.1) is 0 Å². The molecular formula is C12H20. The molecular weight excluding hydrogens is 144 g/mol. The second-order valence-corrected chi connectivity index (χ2v) is 4.95. The van der Waals surface area contributed by atoms with Crippen molar-refractivity contribution < 1.29 is 0 Å². The van der Waals surface area contributed by atoms with Gasteiger partial charge in [0, 0.05) is 0 Å². The highest BCUT2D eigenvalue weighted by Crippen LogP contribution is 2.37. The second-order valence-electron chi connectivity index (χ2n) is 4.95. The molecule has 0 aromatic heterocycles. The van der Waals surface area contributed by atoms with E-state index in [1.807, 2.05) is 0 Å². The van der Waals surface area contributed by atoms with Crippen LogP contribution in [0.15, 0.2) is 23.3 Å². The Morgan fingerprint density at radius 3 is 2.17 bits per heavy atom. The molecule has 0 N–H and O–H groups in total. The number of hydrogen-bond donors (Lipinski definition) is 0. The zero-order valence-corrected chi connectivity index (χ0v) is 8.94. The molecule has 0 saturated heterocycles. The predicted molar refractivity (Wildman–Crippen MR) is 55.1 cm³/mol. The third-order valence-corrected chi connectivity index (χ3v) is 2.47. The van der Waals surface area contributed by atoms with E-state index in [2.05, 4.69) is 46.8 Å². The van der Waals surface area contributed by atoms with Gasteiger partial charge in [-0.05, 0) is 23.3 Å². The van der Waals surface area contributed by atoms with Gasteiger partial charge in [0.15, 0.2) is 0 Å². The third-order valence-electron chi connectivity index (χ3n) is 2.47. The van der Waals surface area contributed by atoms with Crippen molar-refractivity contribution >= 4 is 0 Å². The summed E-state index contributed by atoms with van der Waals surface area (Å²) in [5.41, 5.74) is 3.51. The lowest BCUT2D eigenvalue weighted by molar-refractivity contribution is 0.505. The molecule has 1 aliphatic carbocycles.